The van der Waals surface area contributed by atoms with Crippen molar-refractivity contribution in [2.24, 2.45) is 5.92 Å². The van der Waals surface area contributed by atoms with Gasteiger partial charge in [0.25, 0.3) is 0 Å². The Balaban J connectivity index is 1.52. The van der Waals surface area contributed by atoms with Gasteiger partial charge < -0.3 is 5.32 Å². The highest BCUT2D eigenvalue weighted by Crippen LogP contribution is 2.48. The maximum absolute atomic E-state index is 12.7. The van der Waals surface area contributed by atoms with E-state index < -0.39 is 0 Å². The summed E-state index contributed by atoms with van der Waals surface area (Å²) < 4.78 is 1.05. The number of nitrogens with one attached hydrogen (secondary N) is 2. The fourth-order valence-corrected chi connectivity index (χ4v) is 3.61. The highest BCUT2D eigenvalue weighted by Gasteiger charge is 2.44. The number of hydrogen-bond donors (Lipinski definition) is 2. The number of H-pyrrole nitrogens is 1. The van der Waals surface area contributed by atoms with Gasteiger partial charge in [-0.15, -0.1) is 0 Å². The first kappa shape index (κ1) is 16.1. The summed E-state index contributed by atoms with van der Waals surface area (Å²) in [5.41, 5.74) is 4.62. The molecule has 0 radical (unpaired) electrons. The molecule has 0 unspecified atom stereocenters. The first-order valence-corrected chi connectivity index (χ1v) is 9.09. The Labute approximate surface area is 154 Å². The van der Waals surface area contributed by atoms with Gasteiger partial charge in [-0.2, -0.15) is 5.10 Å². The molecule has 1 aliphatic carbocycles. The van der Waals surface area contributed by atoms with Crippen LogP contribution in [0.3, 0.4) is 0 Å². The highest BCUT2D eigenvalue weighted by atomic mass is 79.9. The molecule has 2 N–H and O–H groups in total. The molecule has 0 bridgehead atoms. The molecule has 0 aliphatic heterocycles. The van der Waals surface area contributed by atoms with Crippen LogP contribution in [-0.2, 0) is 4.79 Å². The third-order valence-corrected chi connectivity index (χ3v) is 5.14. The fraction of sp³-hybridized carbons (Fsp3) is 0.200. The van der Waals surface area contributed by atoms with Crippen molar-refractivity contribution in [3.63, 3.8) is 0 Å². The van der Waals surface area contributed by atoms with Crippen molar-refractivity contribution in [2.45, 2.75) is 19.3 Å². The van der Waals surface area contributed by atoms with E-state index in [1.165, 1.54) is 5.56 Å². The van der Waals surface area contributed by atoms with E-state index in [9.17, 15) is 4.79 Å². The molecule has 1 heterocycles. The average Bonchev–Trinajstić information content (AvgIpc) is 3.35. The summed E-state index contributed by atoms with van der Waals surface area (Å²) >= 11 is 3.50. The van der Waals surface area contributed by atoms with Crippen molar-refractivity contribution < 1.29 is 4.79 Å². The number of aromatic nitrogens is 2. The molecule has 1 aromatic heterocycles. The van der Waals surface area contributed by atoms with Gasteiger partial charge in [0.15, 0.2) is 0 Å². The first-order valence-electron chi connectivity index (χ1n) is 8.30. The zero-order valence-corrected chi connectivity index (χ0v) is 15.4. The van der Waals surface area contributed by atoms with Crippen LogP contribution in [0.25, 0.3) is 11.3 Å². The Hall–Kier alpha value is -2.40. The van der Waals surface area contributed by atoms with Gasteiger partial charge >= 0.3 is 0 Å². The molecule has 1 aliphatic rings. The van der Waals surface area contributed by atoms with Crippen LogP contribution >= 0.6 is 15.9 Å². The predicted molar refractivity (Wildman–Crippen MR) is 102 cm³/mol. The number of anilines is 1. The molecule has 5 heteroatoms. The molecule has 1 amide bonds. The normalized spacial score (nSPS) is 18.8. The quantitative estimate of drug-likeness (QED) is 0.660. The molecule has 2 aromatic carbocycles. The Bertz CT molecular complexity index is 920. The summed E-state index contributed by atoms with van der Waals surface area (Å²) in [5, 5.41) is 10.4. The van der Waals surface area contributed by atoms with Gasteiger partial charge in [-0.3, -0.25) is 9.89 Å². The maximum Gasteiger partial charge on any atom is 0.228 e. The molecule has 4 rings (SSSR count). The number of aryl methyl sites for hydroxylation is 1. The van der Waals surface area contributed by atoms with E-state index in [2.05, 4.69) is 43.6 Å². The fourth-order valence-electron chi connectivity index (χ4n) is 3.19. The predicted octanol–water partition coefficient (Wildman–Crippen LogP) is 4.89. The smallest absolute Gasteiger partial charge is 0.228 e. The van der Waals surface area contributed by atoms with Crippen LogP contribution in [0.1, 0.15) is 23.6 Å². The van der Waals surface area contributed by atoms with Crippen LogP contribution in [0.2, 0.25) is 0 Å². The summed E-state index contributed by atoms with van der Waals surface area (Å²) in [5.74, 6) is 0.378. The lowest BCUT2D eigenvalue weighted by Crippen LogP contribution is -2.15. The monoisotopic (exact) mass is 395 g/mol. The lowest BCUT2D eigenvalue weighted by molar-refractivity contribution is -0.117. The average molecular weight is 396 g/mol. The highest BCUT2D eigenvalue weighted by molar-refractivity contribution is 9.10. The summed E-state index contributed by atoms with van der Waals surface area (Å²) in [7, 11) is 0. The molecule has 1 fully saturated rings. The van der Waals surface area contributed by atoms with Gasteiger partial charge in [0.05, 0.1) is 11.4 Å². The number of halogens is 1. The maximum atomic E-state index is 12.7. The van der Waals surface area contributed by atoms with Crippen LogP contribution in [0, 0.1) is 12.8 Å². The molecule has 2 atom stereocenters. The minimum atomic E-state index is 0.0206. The van der Waals surface area contributed by atoms with Gasteiger partial charge in [0.1, 0.15) is 5.69 Å². The topological polar surface area (TPSA) is 57.8 Å². The third-order valence-electron chi connectivity index (χ3n) is 4.65. The zero-order valence-electron chi connectivity index (χ0n) is 13.8. The van der Waals surface area contributed by atoms with Gasteiger partial charge in [-0.25, -0.2) is 0 Å². The molecule has 1 saturated carbocycles. The Morgan fingerprint density at radius 3 is 2.76 bits per heavy atom. The Kier molecular flexibility index (Phi) is 4.17. The van der Waals surface area contributed by atoms with Crippen LogP contribution in [0.5, 0.6) is 0 Å². The lowest BCUT2D eigenvalue weighted by atomic mass is 10.1. The van der Waals surface area contributed by atoms with Crippen LogP contribution in [-0.4, -0.2) is 16.1 Å². The summed E-state index contributed by atoms with van der Waals surface area (Å²) in [6, 6.07) is 18.1. The zero-order chi connectivity index (χ0) is 17.4. The van der Waals surface area contributed by atoms with E-state index in [4.69, 9.17) is 0 Å². The number of carbonyl (C=O) groups excluding carboxylic acids is 1. The van der Waals surface area contributed by atoms with E-state index in [0.717, 1.165) is 33.5 Å². The number of hydrogen-bond acceptors (Lipinski definition) is 2. The standard InChI is InChI=1S/C20H18BrN3O/c1-12-18(19(24-23-12)13-6-3-2-4-7-13)22-20(25)17-11-16(17)14-8-5-9-15(21)10-14/h2-10,16-17H,11H2,1H3,(H,22,25)(H,23,24)/t16-,17+/m0/s1. The third kappa shape index (κ3) is 3.24. The number of amides is 1. The van der Waals surface area contributed by atoms with Gasteiger partial charge in [-0.1, -0.05) is 58.4 Å². The molecular formula is C20H18BrN3O. The number of benzene rings is 2. The molecular weight excluding hydrogens is 378 g/mol. The van der Waals surface area contributed by atoms with Crippen molar-refractivity contribution in [1.29, 1.82) is 0 Å². The summed E-state index contributed by atoms with van der Waals surface area (Å²) in [6.45, 7) is 1.92. The number of aromatic amines is 1. The summed E-state index contributed by atoms with van der Waals surface area (Å²) in [4.78, 5) is 12.7. The van der Waals surface area contributed by atoms with Crippen molar-refractivity contribution in [1.82, 2.24) is 10.2 Å². The number of nitrogens with zero attached hydrogens (tertiary/aromatic N) is 1. The van der Waals surface area contributed by atoms with Gasteiger partial charge in [0.2, 0.25) is 5.91 Å². The van der Waals surface area contributed by atoms with Crippen molar-refractivity contribution in [2.75, 3.05) is 5.32 Å². The second-order valence-electron chi connectivity index (χ2n) is 6.43. The van der Waals surface area contributed by atoms with E-state index in [1.54, 1.807) is 0 Å². The van der Waals surface area contributed by atoms with E-state index in [-0.39, 0.29) is 11.8 Å². The SMILES string of the molecule is Cc1[nH]nc(-c2ccccc2)c1NC(=O)[C@@H]1C[C@H]1c1cccc(Br)c1. The van der Waals surface area contributed by atoms with Gasteiger partial charge in [-0.05, 0) is 37.0 Å². The minimum absolute atomic E-state index is 0.0206. The molecule has 4 nitrogen and oxygen atoms in total. The Morgan fingerprint density at radius 1 is 1.20 bits per heavy atom. The first-order chi connectivity index (χ1) is 12.1. The van der Waals surface area contributed by atoms with Crippen molar-refractivity contribution in [3.05, 3.63) is 70.3 Å². The van der Waals surface area contributed by atoms with E-state index in [1.807, 2.05) is 49.4 Å². The Morgan fingerprint density at radius 2 is 2.00 bits per heavy atom. The largest absolute Gasteiger partial charge is 0.322 e. The molecule has 126 valence electrons. The van der Waals surface area contributed by atoms with Crippen LogP contribution in [0.4, 0.5) is 5.69 Å². The van der Waals surface area contributed by atoms with E-state index in [0.29, 0.717) is 5.92 Å². The lowest BCUT2D eigenvalue weighted by Gasteiger charge is -2.07. The number of carbonyl (C=O) groups is 1. The van der Waals surface area contributed by atoms with E-state index >= 15 is 0 Å². The molecule has 0 spiro atoms. The molecule has 3 aromatic rings. The second-order valence-corrected chi connectivity index (χ2v) is 7.35. The van der Waals surface area contributed by atoms with Crippen LogP contribution in [0.15, 0.2) is 59.1 Å². The van der Waals surface area contributed by atoms with Crippen molar-refractivity contribution in [3.8, 4) is 11.3 Å². The summed E-state index contributed by atoms with van der Waals surface area (Å²) in [6.07, 6.45) is 0.889. The van der Waals surface area contributed by atoms with Crippen molar-refractivity contribution >= 4 is 27.5 Å². The van der Waals surface area contributed by atoms with Gasteiger partial charge in [0, 0.05) is 16.0 Å². The second kappa shape index (κ2) is 6.48. The van der Waals surface area contributed by atoms with Crippen LogP contribution < -0.4 is 5.32 Å². The number of rotatable bonds is 4. The minimum Gasteiger partial charge on any atom is -0.322 e. The molecule has 0 saturated heterocycles. The molecule has 25 heavy (non-hydrogen) atoms.